The molecule has 0 spiro atoms. The fraction of sp³-hybridized carbons (Fsp3) is 0.103. The van der Waals surface area contributed by atoms with Crippen LogP contribution in [0.15, 0.2) is 103 Å². The van der Waals surface area contributed by atoms with Crippen molar-refractivity contribution in [1.29, 1.82) is 0 Å². The summed E-state index contributed by atoms with van der Waals surface area (Å²) in [6.45, 7) is 0. The first-order valence-corrected chi connectivity index (χ1v) is 10.8. The standard InChI is InChI=1S/C29H20O3/c30-27-22-12-6-7-13-23(22)28-26(27)25(21-15-14-19-10-4-5-11-20(19)17-21)24(29(31)32-28)16-18-8-2-1-3-9-18/h1-15,17,24-25H,16H2/t24-,25+/m0/s1. The molecular formula is C29H20O3. The van der Waals surface area contributed by atoms with Crippen molar-refractivity contribution in [3.8, 4) is 0 Å². The smallest absolute Gasteiger partial charge is 0.315 e. The highest BCUT2D eigenvalue weighted by Gasteiger charge is 2.47. The molecule has 0 bridgehead atoms. The van der Waals surface area contributed by atoms with Crippen LogP contribution >= 0.6 is 0 Å². The van der Waals surface area contributed by atoms with E-state index in [0.717, 1.165) is 21.9 Å². The summed E-state index contributed by atoms with van der Waals surface area (Å²) in [5.74, 6) is -0.737. The molecular weight excluding hydrogens is 396 g/mol. The van der Waals surface area contributed by atoms with Crippen molar-refractivity contribution in [2.45, 2.75) is 12.3 Å². The molecule has 1 aliphatic carbocycles. The van der Waals surface area contributed by atoms with Crippen molar-refractivity contribution >= 4 is 28.3 Å². The van der Waals surface area contributed by atoms with Gasteiger partial charge in [0.15, 0.2) is 5.78 Å². The van der Waals surface area contributed by atoms with Crippen LogP contribution in [-0.4, -0.2) is 11.8 Å². The fourth-order valence-electron chi connectivity index (χ4n) is 5.05. The summed E-state index contributed by atoms with van der Waals surface area (Å²) in [6, 6.07) is 31.7. The minimum Gasteiger partial charge on any atom is -0.425 e. The van der Waals surface area contributed by atoms with Gasteiger partial charge in [0.2, 0.25) is 0 Å². The van der Waals surface area contributed by atoms with E-state index in [1.807, 2.05) is 72.8 Å². The van der Waals surface area contributed by atoms with Crippen molar-refractivity contribution in [2.75, 3.05) is 0 Å². The van der Waals surface area contributed by atoms with E-state index in [1.54, 1.807) is 0 Å². The predicted octanol–water partition coefficient (Wildman–Crippen LogP) is 5.95. The second-order valence-electron chi connectivity index (χ2n) is 8.42. The third-order valence-electron chi connectivity index (χ3n) is 6.56. The van der Waals surface area contributed by atoms with Crippen LogP contribution in [-0.2, 0) is 16.0 Å². The van der Waals surface area contributed by atoms with Gasteiger partial charge in [-0.25, -0.2) is 0 Å². The van der Waals surface area contributed by atoms with Crippen LogP contribution in [0, 0.1) is 5.92 Å². The fourth-order valence-corrected chi connectivity index (χ4v) is 5.05. The zero-order valence-corrected chi connectivity index (χ0v) is 17.3. The van der Waals surface area contributed by atoms with Gasteiger partial charge in [0.05, 0.1) is 11.5 Å². The van der Waals surface area contributed by atoms with Gasteiger partial charge in [-0.15, -0.1) is 0 Å². The molecule has 0 fully saturated rings. The molecule has 2 aliphatic rings. The molecule has 32 heavy (non-hydrogen) atoms. The van der Waals surface area contributed by atoms with E-state index in [-0.39, 0.29) is 17.7 Å². The van der Waals surface area contributed by atoms with E-state index in [2.05, 4.69) is 24.3 Å². The number of Topliss-reactive ketones (excluding diaryl/α,β-unsaturated/α-hetero) is 1. The highest BCUT2D eigenvalue weighted by Crippen LogP contribution is 2.49. The summed E-state index contributed by atoms with van der Waals surface area (Å²) < 4.78 is 5.85. The molecule has 0 saturated heterocycles. The second-order valence-corrected chi connectivity index (χ2v) is 8.42. The van der Waals surface area contributed by atoms with E-state index >= 15 is 0 Å². The average Bonchev–Trinajstić information content (AvgIpc) is 3.11. The van der Waals surface area contributed by atoms with Gasteiger partial charge in [-0.05, 0) is 28.3 Å². The van der Waals surface area contributed by atoms with Gasteiger partial charge in [0.1, 0.15) is 5.76 Å². The SMILES string of the molecule is O=C1C2=C(OC(=O)[C@@H](Cc3ccccc3)[C@H]2c2ccc3ccccc3c2)c2ccccc21. The van der Waals surface area contributed by atoms with Gasteiger partial charge in [-0.1, -0.05) is 97.1 Å². The molecule has 3 nitrogen and oxygen atoms in total. The van der Waals surface area contributed by atoms with E-state index in [1.165, 1.54) is 0 Å². The molecule has 4 aromatic rings. The van der Waals surface area contributed by atoms with Crippen molar-refractivity contribution in [2.24, 2.45) is 5.92 Å². The minimum absolute atomic E-state index is 0.0423. The minimum atomic E-state index is -0.476. The lowest BCUT2D eigenvalue weighted by Gasteiger charge is -2.32. The molecule has 1 aliphatic heterocycles. The topological polar surface area (TPSA) is 43.4 Å². The van der Waals surface area contributed by atoms with E-state index in [4.69, 9.17) is 4.74 Å². The van der Waals surface area contributed by atoms with Crippen molar-refractivity contribution in [3.63, 3.8) is 0 Å². The van der Waals surface area contributed by atoms with Gasteiger partial charge >= 0.3 is 5.97 Å². The summed E-state index contributed by atoms with van der Waals surface area (Å²) in [7, 11) is 0. The normalized spacial score (nSPS) is 19.6. The molecule has 0 aromatic heterocycles. The van der Waals surface area contributed by atoms with E-state index in [0.29, 0.717) is 28.9 Å². The lowest BCUT2D eigenvalue weighted by Crippen LogP contribution is -2.33. The van der Waals surface area contributed by atoms with E-state index in [9.17, 15) is 9.59 Å². The van der Waals surface area contributed by atoms with Crippen LogP contribution in [0.2, 0.25) is 0 Å². The molecule has 0 unspecified atom stereocenters. The number of ketones is 1. The number of esters is 1. The maximum Gasteiger partial charge on any atom is 0.315 e. The first kappa shape index (κ1) is 18.8. The summed E-state index contributed by atoms with van der Waals surface area (Å²) in [6.07, 6.45) is 0.511. The predicted molar refractivity (Wildman–Crippen MR) is 124 cm³/mol. The molecule has 3 heteroatoms. The first-order chi connectivity index (χ1) is 15.7. The number of hydrogen-bond donors (Lipinski definition) is 0. The highest BCUT2D eigenvalue weighted by atomic mass is 16.5. The monoisotopic (exact) mass is 416 g/mol. The number of ether oxygens (including phenoxy) is 1. The van der Waals surface area contributed by atoms with Crippen molar-refractivity contribution in [1.82, 2.24) is 0 Å². The maximum absolute atomic E-state index is 13.5. The Hall–Kier alpha value is -3.98. The lowest BCUT2D eigenvalue weighted by atomic mass is 9.75. The van der Waals surface area contributed by atoms with Crippen LogP contribution < -0.4 is 0 Å². The maximum atomic E-state index is 13.5. The summed E-state index contributed by atoms with van der Waals surface area (Å²) in [5, 5.41) is 2.22. The van der Waals surface area contributed by atoms with Crippen LogP contribution in [0.5, 0.6) is 0 Å². The Labute approximate surface area is 186 Å². The Morgan fingerprint density at radius 2 is 1.38 bits per heavy atom. The first-order valence-electron chi connectivity index (χ1n) is 10.8. The van der Waals surface area contributed by atoms with E-state index < -0.39 is 5.92 Å². The van der Waals surface area contributed by atoms with Gasteiger partial charge in [-0.3, -0.25) is 9.59 Å². The highest BCUT2D eigenvalue weighted by molar-refractivity contribution is 6.22. The number of benzene rings is 4. The number of allylic oxidation sites excluding steroid dienone is 1. The number of rotatable bonds is 3. The van der Waals surface area contributed by atoms with Crippen LogP contribution in [0.1, 0.15) is 33.0 Å². The second kappa shape index (κ2) is 7.31. The quantitative estimate of drug-likeness (QED) is 0.388. The van der Waals surface area contributed by atoms with Gasteiger partial charge in [0, 0.05) is 17.0 Å². The molecule has 1 heterocycles. The molecule has 6 rings (SSSR count). The Kier molecular flexibility index (Phi) is 4.29. The molecule has 0 amide bonds. The summed E-state index contributed by atoms with van der Waals surface area (Å²) in [4.78, 5) is 26.9. The zero-order chi connectivity index (χ0) is 21.7. The van der Waals surface area contributed by atoms with Crippen LogP contribution in [0.3, 0.4) is 0 Å². The Morgan fingerprint density at radius 1 is 0.688 bits per heavy atom. The number of carbonyl (C=O) groups is 2. The molecule has 0 saturated carbocycles. The third-order valence-corrected chi connectivity index (χ3v) is 6.56. The summed E-state index contributed by atoms with van der Waals surface area (Å²) in [5.41, 5.74) is 3.94. The van der Waals surface area contributed by atoms with Crippen LogP contribution in [0.25, 0.3) is 16.5 Å². The van der Waals surface area contributed by atoms with Crippen LogP contribution in [0.4, 0.5) is 0 Å². The Bertz CT molecular complexity index is 1410. The van der Waals surface area contributed by atoms with Crippen molar-refractivity contribution in [3.05, 3.63) is 125 Å². The van der Waals surface area contributed by atoms with Gasteiger partial charge in [0.25, 0.3) is 0 Å². The molecule has 0 radical (unpaired) electrons. The third kappa shape index (κ3) is 2.89. The number of hydrogen-bond acceptors (Lipinski definition) is 3. The molecule has 154 valence electrons. The molecule has 0 N–H and O–H groups in total. The largest absolute Gasteiger partial charge is 0.425 e. The molecule has 4 aromatic carbocycles. The Morgan fingerprint density at radius 3 is 2.19 bits per heavy atom. The number of fused-ring (bicyclic) bond motifs is 3. The number of carbonyl (C=O) groups excluding carboxylic acids is 2. The van der Waals surface area contributed by atoms with Crippen molar-refractivity contribution < 1.29 is 14.3 Å². The molecule has 2 atom stereocenters. The van der Waals surface area contributed by atoms with Gasteiger partial charge < -0.3 is 4.74 Å². The van der Waals surface area contributed by atoms with Gasteiger partial charge in [-0.2, -0.15) is 0 Å². The summed E-state index contributed by atoms with van der Waals surface area (Å²) >= 11 is 0. The zero-order valence-electron chi connectivity index (χ0n) is 17.3. The lowest BCUT2D eigenvalue weighted by molar-refractivity contribution is -0.142. The Balaban J connectivity index is 1.54. The average molecular weight is 416 g/mol.